The Morgan fingerprint density at radius 3 is 2.25 bits per heavy atom. The summed E-state index contributed by atoms with van der Waals surface area (Å²) in [5.41, 5.74) is 1.83. The van der Waals surface area contributed by atoms with Crippen LogP contribution in [0.5, 0.6) is 0 Å². The van der Waals surface area contributed by atoms with Crippen LogP contribution in [0.4, 0.5) is 4.79 Å². The lowest BCUT2D eigenvalue weighted by Gasteiger charge is -2.33. The van der Waals surface area contributed by atoms with Crippen LogP contribution in [0.3, 0.4) is 0 Å². The van der Waals surface area contributed by atoms with Crippen molar-refractivity contribution in [2.24, 2.45) is 0 Å². The average molecular weight is 440 g/mol. The molecule has 0 heterocycles. The minimum absolute atomic E-state index is 0.153. The van der Waals surface area contributed by atoms with Crippen LogP contribution in [-0.2, 0) is 17.9 Å². The Hall–Kier alpha value is -2.63. The van der Waals surface area contributed by atoms with Crippen molar-refractivity contribution in [1.82, 2.24) is 4.90 Å². The summed E-state index contributed by atoms with van der Waals surface area (Å²) in [5, 5.41) is 20.2. The predicted molar refractivity (Wildman–Crippen MR) is 128 cm³/mol. The fourth-order valence-corrected chi connectivity index (χ4v) is 3.56. The Labute approximate surface area is 192 Å². The van der Waals surface area contributed by atoms with Gasteiger partial charge in [0.25, 0.3) is 0 Å². The predicted octanol–water partition coefficient (Wildman–Crippen LogP) is 5.46. The maximum absolute atomic E-state index is 13.1. The second-order valence-electron chi connectivity index (χ2n) is 8.03. The van der Waals surface area contributed by atoms with Gasteiger partial charge in [-0.15, -0.1) is 0 Å². The molecule has 0 aliphatic rings. The maximum Gasteiger partial charge on any atom is 0.410 e. The average Bonchev–Trinajstić information content (AvgIpc) is 2.84. The van der Waals surface area contributed by atoms with Crippen LogP contribution in [0.15, 0.2) is 72.8 Å². The zero-order valence-corrected chi connectivity index (χ0v) is 19.1. The number of aliphatic hydroxyl groups is 2. The Morgan fingerprint density at radius 2 is 1.62 bits per heavy atom. The van der Waals surface area contributed by atoms with Crippen LogP contribution in [-0.4, -0.2) is 40.0 Å². The van der Waals surface area contributed by atoms with E-state index in [4.69, 9.17) is 4.74 Å². The number of amides is 1. The molecule has 0 aromatic heterocycles. The van der Waals surface area contributed by atoms with Crippen LogP contribution in [0.25, 0.3) is 0 Å². The Balaban J connectivity index is 2.10. The minimum atomic E-state index is -1.06. The number of carbonyl (C=O) groups excluding carboxylic acids is 1. The highest BCUT2D eigenvalue weighted by Gasteiger charge is 2.30. The third-order valence-corrected chi connectivity index (χ3v) is 5.44. The summed E-state index contributed by atoms with van der Waals surface area (Å²) < 4.78 is 5.58. The number of nitrogens with zero attached hydrogens (tertiary/aromatic N) is 1. The molecule has 1 amide bonds. The second kappa shape index (κ2) is 15.2. The summed E-state index contributed by atoms with van der Waals surface area (Å²) in [5.74, 6) is 0. The lowest BCUT2D eigenvalue weighted by molar-refractivity contribution is 0.00281. The molecule has 2 aromatic rings. The maximum atomic E-state index is 13.1. The lowest BCUT2D eigenvalue weighted by atomic mass is 10.0. The van der Waals surface area contributed by atoms with Crippen LogP contribution < -0.4 is 0 Å². The number of ether oxygens (including phenoxy) is 1. The van der Waals surface area contributed by atoms with Crippen LogP contribution in [0.1, 0.15) is 56.6 Å². The van der Waals surface area contributed by atoms with Crippen molar-refractivity contribution in [3.05, 3.63) is 83.9 Å². The highest BCUT2D eigenvalue weighted by Crippen LogP contribution is 2.18. The number of carbonyl (C=O) groups is 1. The summed E-state index contributed by atoms with van der Waals surface area (Å²) in [6.45, 7) is 2.21. The Bertz CT molecular complexity index is 779. The third-order valence-electron chi connectivity index (χ3n) is 5.44. The molecule has 32 heavy (non-hydrogen) atoms. The molecular formula is C27H37NO4. The fraction of sp³-hybridized carbons (Fsp3) is 0.444. The van der Waals surface area contributed by atoms with Gasteiger partial charge in [0.2, 0.25) is 0 Å². The molecular weight excluding hydrogens is 402 g/mol. The van der Waals surface area contributed by atoms with Gasteiger partial charge in [0.1, 0.15) is 6.61 Å². The number of unbranched alkanes of at least 4 members (excludes halogenated alkanes) is 4. The van der Waals surface area contributed by atoms with Gasteiger partial charge in [-0.3, -0.25) is 4.90 Å². The first-order valence-electron chi connectivity index (χ1n) is 11.6. The summed E-state index contributed by atoms with van der Waals surface area (Å²) in [4.78, 5) is 14.6. The molecule has 5 heteroatoms. The quantitative estimate of drug-likeness (QED) is 0.303. The van der Waals surface area contributed by atoms with E-state index in [1.54, 1.807) is 0 Å². The molecule has 0 unspecified atom stereocenters. The van der Waals surface area contributed by atoms with Crippen molar-refractivity contribution < 1.29 is 19.7 Å². The van der Waals surface area contributed by atoms with Crippen LogP contribution in [0.2, 0.25) is 0 Å². The SMILES string of the molecule is CCCCCC/C=C/C[C@H]([C@H](O)CO)N(Cc1ccccc1)C(=O)OCc1ccccc1. The van der Waals surface area contributed by atoms with Gasteiger partial charge >= 0.3 is 6.09 Å². The number of hydrogen-bond donors (Lipinski definition) is 2. The van der Waals surface area contributed by atoms with Crippen molar-refractivity contribution in [3.63, 3.8) is 0 Å². The smallest absolute Gasteiger partial charge is 0.410 e. The zero-order valence-electron chi connectivity index (χ0n) is 19.1. The molecule has 174 valence electrons. The van der Waals surface area contributed by atoms with E-state index in [-0.39, 0.29) is 6.61 Å². The van der Waals surface area contributed by atoms with Gasteiger partial charge in [0.05, 0.1) is 18.8 Å². The normalized spacial score (nSPS) is 13.1. The van der Waals surface area contributed by atoms with Crippen molar-refractivity contribution in [3.8, 4) is 0 Å². The van der Waals surface area contributed by atoms with Crippen LogP contribution >= 0.6 is 0 Å². The number of allylic oxidation sites excluding steroid dienone is 1. The van der Waals surface area contributed by atoms with E-state index in [2.05, 4.69) is 13.0 Å². The number of aliphatic hydroxyl groups excluding tert-OH is 2. The van der Waals surface area contributed by atoms with Gasteiger partial charge in [-0.2, -0.15) is 0 Å². The van der Waals surface area contributed by atoms with Gasteiger partial charge in [0.15, 0.2) is 0 Å². The molecule has 2 N–H and O–H groups in total. The molecule has 0 bridgehead atoms. The zero-order chi connectivity index (χ0) is 23.0. The molecule has 0 aliphatic carbocycles. The fourth-order valence-electron chi connectivity index (χ4n) is 3.56. The molecule has 2 atom stereocenters. The number of rotatable bonds is 14. The van der Waals surface area contributed by atoms with E-state index in [0.717, 1.165) is 24.0 Å². The summed E-state index contributed by atoms with van der Waals surface area (Å²) in [6, 6.07) is 18.5. The molecule has 2 aromatic carbocycles. The van der Waals surface area contributed by atoms with Crippen molar-refractivity contribution >= 4 is 6.09 Å². The standard InChI is InChI=1S/C27H37NO4/c1-2-3-4-5-6-7-14-19-25(26(30)21-29)28(20-23-15-10-8-11-16-23)27(31)32-22-24-17-12-9-13-18-24/h7-18,25-26,29-30H,2-6,19-22H2,1H3/b14-7+/t25-,26-/m1/s1. The topological polar surface area (TPSA) is 70.0 Å². The molecule has 0 saturated carbocycles. The number of hydrogen-bond acceptors (Lipinski definition) is 4. The van der Waals surface area contributed by atoms with E-state index in [1.165, 1.54) is 24.2 Å². The number of benzene rings is 2. The Morgan fingerprint density at radius 1 is 0.969 bits per heavy atom. The second-order valence-corrected chi connectivity index (χ2v) is 8.03. The first-order valence-corrected chi connectivity index (χ1v) is 11.6. The van der Waals surface area contributed by atoms with Gasteiger partial charge < -0.3 is 14.9 Å². The largest absolute Gasteiger partial charge is 0.445 e. The molecule has 0 radical (unpaired) electrons. The monoisotopic (exact) mass is 439 g/mol. The minimum Gasteiger partial charge on any atom is -0.445 e. The molecule has 0 aliphatic heterocycles. The van der Waals surface area contributed by atoms with E-state index in [0.29, 0.717) is 13.0 Å². The van der Waals surface area contributed by atoms with E-state index in [9.17, 15) is 15.0 Å². The van der Waals surface area contributed by atoms with Crippen LogP contribution in [0, 0.1) is 0 Å². The van der Waals surface area contributed by atoms with E-state index in [1.807, 2.05) is 66.7 Å². The van der Waals surface area contributed by atoms with E-state index < -0.39 is 24.8 Å². The van der Waals surface area contributed by atoms with Crippen molar-refractivity contribution in [1.29, 1.82) is 0 Å². The van der Waals surface area contributed by atoms with Gasteiger partial charge in [-0.25, -0.2) is 4.79 Å². The van der Waals surface area contributed by atoms with Gasteiger partial charge in [-0.05, 0) is 30.4 Å². The summed E-state index contributed by atoms with van der Waals surface area (Å²) in [7, 11) is 0. The molecule has 2 rings (SSSR count). The lowest BCUT2D eigenvalue weighted by Crippen LogP contribution is -2.48. The molecule has 0 spiro atoms. The van der Waals surface area contributed by atoms with E-state index >= 15 is 0 Å². The van der Waals surface area contributed by atoms with Gasteiger partial charge in [0, 0.05) is 6.54 Å². The first-order chi connectivity index (χ1) is 15.7. The summed E-state index contributed by atoms with van der Waals surface area (Å²) >= 11 is 0. The first kappa shape index (κ1) is 25.6. The molecule has 5 nitrogen and oxygen atoms in total. The van der Waals surface area contributed by atoms with Gasteiger partial charge in [-0.1, -0.05) is 99.0 Å². The highest BCUT2D eigenvalue weighted by atomic mass is 16.6. The Kier molecular flexibility index (Phi) is 12.2. The van der Waals surface area contributed by atoms with Crippen molar-refractivity contribution in [2.45, 2.75) is 70.7 Å². The highest BCUT2D eigenvalue weighted by molar-refractivity contribution is 5.68. The molecule has 0 fully saturated rings. The molecule has 0 saturated heterocycles. The summed E-state index contributed by atoms with van der Waals surface area (Å²) in [6.07, 6.45) is 8.72. The third kappa shape index (κ3) is 9.25. The van der Waals surface area contributed by atoms with Crippen molar-refractivity contribution in [2.75, 3.05) is 6.61 Å².